The third-order valence-corrected chi connectivity index (χ3v) is 3.60. The van der Waals surface area contributed by atoms with Gasteiger partial charge < -0.3 is 30.8 Å². The minimum Gasteiger partial charge on any atom is -0.394 e. The Morgan fingerprint density at radius 2 is 1.45 bits per heavy atom. The topological polar surface area (TPSA) is 130 Å². The van der Waals surface area contributed by atoms with E-state index in [9.17, 15) is 20.1 Å². The molecule has 0 fully saturated rings. The van der Waals surface area contributed by atoms with Crippen LogP contribution in [-0.2, 0) is 4.79 Å². The Labute approximate surface area is 132 Å². The number of nitrogens with one attached hydrogen (secondary N) is 1. The zero-order valence-corrected chi connectivity index (χ0v) is 13.3. The standard InChI is InChI=1S/C15H31NO6/c1-2-3-4-5-6-7-8-9-16-15(22)14(21)13(20)12(19)11(18)10-17/h11-14,17-21H,2-10H2,1H3,(H,16,22). The van der Waals surface area contributed by atoms with E-state index in [2.05, 4.69) is 12.2 Å². The first-order chi connectivity index (χ1) is 10.5. The summed E-state index contributed by atoms with van der Waals surface area (Å²) in [4.78, 5) is 11.6. The number of unbranched alkanes of at least 4 members (excludes halogenated alkanes) is 6. The van der Waals surface area contributed by atoms with E-state index in [1.807, 2.05) is 0 Å². The average Bonchev–Trinajstić information content (AvgIpc) is 2.54. The normalized spacial score (nSPS) is 16.8. The molecule has 0 aliphatic carbocycles. The lowest BCUT2D eigenvalue weighted by Gasteiger charge is -2.24. The van der Waals surface area contributed by atoms with E-state index in [0.29, 0.717) is 6.54 Å². The van der Waals surface area contributed by atoms with Crippen LogP contribution in [0, 0.1) is 0 Å². The summed E-state index contributed by atoms with van der Waals surface area (Å²) in [5.74, 6) is -0.803. The average molecular weight is 321 g/mol. The van der Waals surface area contributed by atoms with Crippen molar-refractivity contribution in [1.29, 1.82) is 0 Å². The Kier molecular flexibility index (Phi) is 12.4. The lowest BCUT2D eigenvalue weighted by molar-refractivity contribution is -0.148. The van der Waals surface area contributed by atoms with Crippen LogP contribution >= 0.6 is 0 Å². The number of hydrogen-bond acceptors (Lipinski definition) is 6. The summed E-state index contributed by atoms with van der Waals surface area (Å²) >= 11 is 0. The minimum absolute atomic E-state index is 0.384. The van der Waals surface area contributed by atoms with Crippen molar-refractivity contribution in [3.63, 3.8) is 0 Å². The van der Waals surface area contributed by atoms with Gasteiger partial charge in [0, 0.05) is 6.54 Å². The van der Waals surface area contributed by atoms with Crippen molar-refractivity contribution in [2.24, 2.45) is 0 Å². The predicted octanol–water partition coefficient (Wildman–Crippen LogP) is -0.711. The van der Waals surface area contributed by atoms with Crippen LogP contribution in [0.3, 0.4) is 0 Å². The lowest BCUT2D eigenvalue weighted by atomic mass is 10.0. The Morgan fingerprint density at radius 1 is 0.909 bits per heavy atom. The summed E-state index contributed by atoms with van der Waals surface area (Å²) in [5, 5.41) is 48.8. The zero-order valence-electron chi connectivity index (χ0n) is 13.3. The van der Waals surface area contributed by atoms with Crippen LogP contribution in [0.4, 0.5) is 0 Å². The van der Waals surface area contributed by atoms with Gasteiger partial charge in [-0.3, -0.25) is 4.79 Å². The minimum atomic E-state index is -1.85. The molecule has 0 radical (unpaired) electrons. The summed E-state index contributed by atoms with van der Waals surface area (Å²) < 4.78 is 0. The van der Waals surface area contributed by atoms with Crippen molar-refractivity contribution < 1.29 is 30.3 Å². The maximum Gasteiger partial charge on any atom is 0.251 e. The van der Waals surface area contributed by atoms with E-state index >= 15 is 0 Å². The Hall–Kier alpha value is -0.730. The van der Waals surface area contributed by atoms with Crippen LogP contribution in [-0.4, -0.2) is 69.0 Å². The van der Waals surface area contributed by atoms with Gasteiger partial charge in [-0.05, 0) is 6.42 Å². The molecule has 0 saturated heterocycles. The second-order valence-electron chi connectivity index (χ2n) is 5.59. The van der Waals surface area contributed by atoms with E-state index < -0.39 is 36.9 Å². The first-order valence-corrected chi connectivity index (χ1v) is 8.06. The molecule has 0 aliphatic rings. The van der Waals surface area contributed by atoms with Crippen molar-refractivity contribution in [2.75, 3.05) is 13.2 Å². The quantitative estimate of drug-likeness (QED) is 0.249. The van der Waals surface area contributed by atoms with Gasteiger partial charge in [0.25, 0.3) is 5.91 Å². The van der Waals surface area contributed by atoms with Gasteiger partial charge in [-0.25, -0.2) is 0 Å². The van der Waals surface area contributed by atoms with Crippen LogP contribution in [0.2, 0.25) is 0 Å². The van der Waals surface area contributed by atoms with Gasteiger partial charge in [0.15, 0.2) is 6.10 Å². The number of aliphatic hydroxyl groups is 5. The van der Waals surface area contributed by atoms with Crippen molar-refractivity contribution in [2.45, 2.75) is 76.3 Å². The Balaban J connectivity index is 3.82. The molecule has 0 aromatic carbocycles. The molecule has 0 aromatic heterocycles. The molecule has 0 rings (SSSR count). The molecule has 22 heavy (non-hydrogen) atoms. The smallest absolute Gasteiger partial charge is 0.251 e. The summed E-state index contributed by atoms with van der Waals surface area (Å²) in [6.07, 6.45) is 0.601. The predicted molar refractivity (Wildman–Crippen MR) is 82.1 cm³/mol. The fourth-order valence-electron chi connectivity index (χ4n) is 2.08. The monoisotopic (exact) mass is 321 g/mol. The molecule has 0 spiro atoms. The summed E-state index contributed by atoms with van der Waals surface area (Å²) in [6, 6.07) is 0. The summed E-state index contributed by atoms with van der Waals surface area (Å²) in [7, 11) is 0. The van der Waals surface area contributed by atoms with Crippen molar-refractivity contribution >= 4 is 5.91 Å². The molecule has 0 bridgehead atoms. The van der Waals surface area contributed by atoms with Gasteiger partial charge >= 0.3 is 0 Å². The highest BCUT2D eigenvalue weighted by atomic mass is 16.4. The van der Waals surface area contributed by atoms with Crippen LogP contribution in [0.5, 0.6) is 0 Å². The molecule has 0 saturated carbocycles. The molecule has 7 nitrogen and oxygen atoms in total. The number of amides is 1. The molecule has 0 aliphatic heterocycles. The molecule has 0 aromatic rings. The summed E-state index contributed by atoms with van der Waals surface area (Å²) in [5.41, 5.74) is 0. The highest BCUT2D eigenvalue weighted by Gasteiger charge is 2.33. The number of carbonyl (C=O) groups excluding carboxylic acids is 1. The molecule has 0 heterocycles. The molecular weight excluding hydrogens is 290 g/mol. The maximum absolute atomic E-state index is 11.6. The van der Waals surface area contributed by atoms with E-state index in [-0.39, 0.29) is 0 Å². The highest BCUT2D eigenvalue weighted by Crippen LogP contribution is 2.07. The van der Waals surface area contributed by atoms with Gasteiger partial charge in [0.05, 0.1) is 6.61 Å². The highest BCUT2D eigenvalue weighted by molar-refractivity contribution is 5.81. The molecule has 6 N–H and O–H groups in total. The van der Waals surface area contributed by atoms with Gasteiger partial charge in [0.2, 0.25) is 0 Å². The number of aliphatic hydroxyl groups excluding tert-OH is 5. The van der Waals surface area contributed by atoms with Crippen LogP contribution in [0.1, 0.15) is 51.9 Å². The van der Waals surface area contributed by atoms with E-state index in [4.69, 9.17) is 10.2 Å². The molecule has 4 atom stereocenters. The fourth-order valence-corrected chi connectivity index (χ4v) is 2.08. The molecule has 7 heteroatoms. The van der Waals surface area contributed by atoms with E-state index in [1.165, 1.54) is 25.7 Å². The van der Waals surface area contributed by atoms with Crippen molar-refractivity contribution in [1.82, 2.24) is 5.32 Å². The van der Waals surface area contributed by atoms with Crippen molar-refractivity contribution in [3.8, 4) is 0 Å². The molecular formula is C15H31NO6. The molecule has 1 amide bonds. The summed E-state index contributed by atoms with van der Waals surface area (Å²) in [6.45, 7) is 1.77. The number of hydrogen-bond donors (Lipinski definition) is 6. The van der Waals surface area contributed by atoms with Gasteiger partial charge in [-0.2, -0.15) is 0 Å². The zero-order chi connectivity index (χ0) is 17.0. The second kappa shape index (κ2) is 12.8. The Morgan fingerprint density at radius 3 is 2.00 bits per heavy atom. The largest absolute Gasteiger partial charge is 0.394 e. The third kappa shape index (κ3) is 8.65. The van der Waals surface area contributed by atoms with E-state index in [1.54, 1.807) is 0 Å². The fraction of sp³-hybridized carbons (Fsp3) is 0.933. The van der Waals surface area contributed by atoms with Crippen molar-refractivity contribution in [3.05, 3.63) is 0 Å². The van der Waals surface area contributed by atoms with Crippen LogP contribution in [0.25, 0.3) is 0 Å². The lowest BCUT2D eigenvalue weighted by Crippen LogP contribution is -2.51. The SMILES string of the molecule is CCCCCCCCCNC(=O)C(O)C(O)C(O)C(O)CO. The molecule has 4 unspecified atom stereocenters. The van der Waals surface area contributed by atoms with Gasteiger partial charge in [-0.15, -0.1) is 0 Å². The number of carbonyl (C=O) groups is 1. The van der Waals surface area contributed by atoms with Crippen LogP contribution < -0.4 is 5.32 Å². The van der Waals surface area contributed by atoms with Gasteiger partial charge in [-0.1, -0.05) is 45.4 Å². The third-order valence-electron chi connectivity index (χ3n) is 3.60. The first-order valence-electron chi connectivity index (χ1n) is 8.06. The first kappa shape index (κ1) is 21.3. The Bertz CT molecular complexity index is 289. The van der Waals surface area contributed by atoms with E-state index in [0.717, 1.165) is 19.3 Å². The second-order valence-corrected chi connectivity index (χ2v) is 5.59. The maximum atomic E-state index is 11.6. The van der Waals surface area contributed by atoms with Gasteiger partial charge in [0.1, 0.15) is 18.3 Å². The number of rotatable bonds is 13. The molecule has 132 valence electrons. The van der Waals surface area contributed by atoms with Crippen LogP contribution in [0.15, 0.2) is 0 Å².